The number of Topliss-reactive ketones (excluding diaryl/α,β-unsaturated/α-hetero) is 1. The van der Waals surface area contributed by atoms with Gasteiger partial charge in [0.25, 0.3) is 0 Å². The van der Waals surface area contributed by atoms with Crippen LogP contribution in [0, 0.1) is 0 Å². The summed E-state index contributed by atoms with van der Waals surface area (Å²) in [6.07, 6.45) is -8.79. The Balaban J connectivity index is 5.13. The van der Waals surface area contributed by atoms with E-state index in [4.69, 9.17) is 15.3 Å². The van der Waals surface area contributed by atoms with Crippen LogP contribution in [0.25, 0.3) is 0 Å². The van der Waals surface area contributed by atoms with Crippen LogP contribution in [-0.2, 0) is 14.4 Å². The predicted molar refractivity (Wildman–Crippen MR) is 67.4 cm³/mol. The fourth-order valence-corrected chi connectivity index (χ4v) is 1.59. The van der Waals surface area contributed by atoms with Crippen molar-refractivity contribution in [2.75, 3.05) is 13.2 Å². The van der Waals surface area contributed by atoms with Gasteiger partial charge < -0.3 is 41.1 Å². The topological polar surface area (TPSA) is 205 Å². The molecule has 128 valence electrons. The third-order valence-corrected chi connectivity index (χ3v) is 2.82. The lowest BCUT2D eigenvalue weighted by Gasteiger charge is -2.32. The molecule has 0 saturated heterocycles. The number of carbonyl (C=O) groups excluding carboxylic acids is 2. The molecule has 0 rings (SSSR count). The summed E-state index contributed by atoms with van der Waals surface area (Å²) in [5.41, 5.74) is 0. The van der Waals surface area contributed by atoms with Gasteiger partial charge in [0.2, 0.25) is 11.7 Å². The number of carboxylic acid groups (broad SMARTS) is 1. The highest BCUT2D eigenvalue weighted by Gasteiger charge is 2.37. The molecule has 5 unspecified atom stereocenters. The molecule has 0 aliphatic rings. The maximum atomic E-state index is 11.1. The molecule has 0 spiro atoms. The van der Waals surface area contributed by atoms with E-state index in [-0.39, 0.29) is 0 Å². The van der Waals surface area contributed by atoms with Gasteiger partial charge in [0.15, 0.2) is 0 Å². The zero-order valence-corrected chi connectivity index (χ0v) is 11.4. The van der Waals surface area contributed by atoms with Crippen molar-refractivity contribution in [1.29, 1.82) is 0 Å². The molecule has 0 saturated carbocycles. The van der Waals surface area contributed by atoms with Crippen LogP contribution >= 0.6 is 0 Å². The van der Waals surface area contributed by atoms with Gasteiger partial charge in [-0.3, -0.25) is 9.59 Å². The Hall–Kier alpha value is -1.63. The molecule has 0 radical (unpaired) electrons. The SMILES string of the molecule is O=C(CO)NC(C(O)CC(=O)C(=O)O)C(O)C(O)C(O)CO. The van der Waals surface area contributed by atoms with Gasteiger partial charge in [0.1, 0.15) is 24.9 Å². The number of ketones is 1. The summed E-state index contributed by atoms with van der Waals surface area (Å²) in [6.45, 7) is -1.98. The van der Waals surface area contributed by atoms with Crippen LogP contribution in [0.3, 0.4) is 0 Å². The summed E-state index contributed by atoms with van der Waals surface area (Å²) >= 11 is 0. The molecule has 0 bridgehead atoms. The maximum absolute atomic E-state index is 11.1. The number of rotatable bonds is 10. The van der Waals surface area contributed by atoms with Crippen molar-refractivity contribution in [3.63, 3.8) is 0 Å². The van der Waals surface area contributed by atoms with E-state index in [1.807, 2.05) is 5.32 Å². The molecule has 11 nitrogen and oxygen atoms in total. The third kappa shape index (κ3) is 6.01. The Bertz CT molecular complexity index is 400. The van der Waals surface area contributed by atoms with Crippen LogP contribution in [0.1, 0.15) is 6.42 Å². The zero-order valence-electron chi connectivity index (χ0n) is 11.4. The van der Waals surface area contributed by atoms with Crippen LogP contribution in [0.5, 0.6) is 0 Å². The Morgan fingerprint density at radius 1 is 0.909 bits per heavy atom. The van der Waals surface area contributed by atoms with Crippen LogP contribution < -0.4 is 5.32 Å². The molecule has 0 aliphatic heterocycles. The Morgan fingerprint density at radius 3 is 1.86 bits per heavy atom. The third-order valence-electron chi connectivity index (χ3n) is 2.82. The Labute approximate surface area is 124 Å². The maximum Gasteiger partial charge on any atom is 0.372 e. The number of carbonyl (C=O) groups is 3. The van der Waals surface area contributed by atoms with Crippen LogP contribution in [0.15, 0.2) is 0 Å². The second-order valence-corrected chi connectivity index (χ2v) is 4.48. The quantitative estimate of drug-likeness (QED) is 0.179. The average molecular weight is 325 g/mol. The molecular formula is C11H19NO10. The second kappa shape index (κ2) is 9.40. The normalized spacial score (nSPS) is 17.9. The van der Waals surface area contributed by atoms with Crippen molar-refractivity contribution in [3.8, 4) is 0 Å². The summed E-state index contributed by atoms with van der Waals surface area (Å²) in [7, 11) is 0. The van der Waals surface area contributed by atoms with Crippen molar-refractivity contribution in [3.05, 3.63) is 0 Å². The van der Waals surface area contributed by atoms with Crippen LogP contribution in [0.4, 0.5) is 0 Å². The monoisotopic (exact) mass is 325 g/mol. The smallest absolute Gasteiger partial charge is 0.372 e. The number of aliphatic carboxylic acids is 1. The highest BCUT2D eigenvalue weighted by atomic mass is 16.4. The van der Waals surface area contributed by atoms with Crippen LogP contribution in [-0.4, -0.2) is 97.1 Å². The van der Waals surface area contributed by atoms with E-state index in [0.717, 1.165) is 0 Å². The van der Waals surface area contributed by atoms with E-state index in [0.29, 0.717) is 0 Å². The van der Waals surface area contributed by atoms with E-state index in [1.165, 1.54) is 0 Å². The summed E-state index contributed by atoms with van der Waals surface area (Å²) < 4.78 is 0. The number of hydrogen-bond donors (Lipinski definition) is 8. The summed E-state index contributed by atoms with van der Waals surface area (Å²) in [5, 5.41) is 66.0. The molecule has 0 aliphatic carbocycles. The molecule has 0 aromatic carbocycles. The lowest BCUT2D eigenvalue weighted by Crippen LogP contribution is -2.58. The van der Waals surface area contributed by atoms with Gasteiger partial charge in [0.05, 0.1) is 18.8 Å². The van der Waals surface area contributed by atoms with Gasteiger partial charge in [-0.15, -0.1) is 0 Å². The van der Waals surface area contributed by atoms with E-state index < -0.39 is 67.8 Å². The number of hydrogen-bond acceptors (Lipinski definition) is 9. The van der Waals surface area contributed by atoms with Gasteiger partial charge in [-0.25, -0.2) is 4.79 Å². The molecule has 1 amide bonds. The molecule has 5 atom stereocenters. The number of amides is 1. The Kier molecular flexibility index (Phi) is 8.70. The van der Waals surface area contributed by atoms with Gasteiger partial charge in [-0.2, -0.15) is 0 Å². The van der Waals surface area contributed by atoms with E-state index in [9.17, 15) is 34.8 Å². The molecule has 0 aromatic rings. The van der Waals surface area contributed by atoms with Crippen molar-refractivity contribution in [2.45, 2.75) is 36.9 Å². The molecule has 0 heterocycles. The fourth-order valence-electron chi connectivity index (χ4n) is 1.59. The first-order chi connectivity index (χ1) is 10.1. The summed E-state index contributed by atoms with van der Waals surface area (Å²) in [5.74, 6) is -4.35. The first-order valence-corrected chi connectivity index (χ1v) is 6.15. The average Bonchev–Trinajstić information content (AvgIpc) is 2.49. The summed E-state index contributed by atoms with van der Waals surface area (Å²) in [6, 6.07) is -1.76. The standard InChI is InChI=1S/C11H19NO10/c13-2-6(17)9(19)10(20)8(12-7(18)3-14)4(15)1-5(16)11(21)22/h4,6,8-10,13-15,17,19-20H,1-3H2,(H,12,18)(H,21,22). The van der Waals surface area contributed by atoms with Crippen molar-refractivity contribution in [2.24, 2.45) is 0 Å². The first-order valence-electron chi connectivity index (χ1n) is 6.15. The van der Waals surface area contributed by atoms with Gasteiger partial charge in [-0.1, -0.05) is 0 Å². The lowest BCUT2D eigenvalue weighted by molar-refractivity contribution is -0.151. The van der Waals surface area contributed by atoms with Crippen molar-refractivity contribution < 1.29 is 50.1 Å². The zero-order chi connectivity index (χ0) is 17.4. The highest BCUT2D eigenvalue weighted by Crippen LogP contribution is 2.11. The van der Waals surface area contributed by atoms with E-state index in [1.54, 1.807) is 0 Å². The predicted octanol–water partition coefficient (Wildman–Crippen LogP) is -5.06. The molecule has 8 N–H and O–H groups in total. The fraction of sp³-hybridized carbons (Fsp3) is 0.727. The number of carboxylic acids is 1. The molecule has 0 aromatic heterocycles. The molecule has 0 fully saturated rings. The Morgan fingerprint density at radius 2 is 1.45 bits per heavy atom. The summed E-state index contributed by atoms with van der Waals surface area (Å²) in [4.78, 5) is 32.6. The molecule has 11 heteroatoms. The lowest BCUT2D eigenvalue weighted by atomic mass is 9.94. The van der Waals surface area contributed by atoms with Gasteiger partial charge >= 0.3 is 5.97 Å². The van der Waals surface area contributed by atoms with Crippen LogP contribution in [0.2, 0.25) is 0 Å². The van der Waals surface area contributed by atoms with E-state index >= 15 is 0 Å². The van der Waals surface area contributed by atoms with E-state index in [2.05, 4.69) is 0 Å². The van der Waals surface area contributed by atoms with Crippen molar-refractivity contribution >= 4 is 17.7 Å². The van der Waals surface area contributed by atoms with Gasteiger partial charge in [0, 0.05) is 6.42 Å². The number of aliphatic hydroxyl groups excluding tert-OH is 6. The van der Waals surface area contributed by atoms with Crippen molar-refractivity contribution in [1.82, 2.24) is 5.32 Å². The minimum Gasteiger partial charge on any atom is -0.475 e. The molecule has 22 heavy (non-hydrogen) atoms. The first kappa shape index (κ1) is 20.4. The van der Waals surface area contributed by atoms with Gasteiger partial charge in [-0.05, 0) is 0 Å². The second-order valence-electron chi connectivity index (χ2n) is 4.48. The molecular weight excluding hydrogens is 306 g/mol. The largest absolute Gasteiger partial charge is 0.475 e. The number of aliphatic hydroxyl groups is 6. The minimum atomic E-state index is -2.05. The number of nitrogens with one attached hydrogen (secondary N) is 1. The minimum absolute atomic E-state index is 0.941. The highest BCUT2D eigenvalue weighted by molar-refractivity contribution is 6.32.